The number of carbonyl (C=O) groups is 1. The molecule has 3 heteroatoms. The summed E-state index contributed by atoms with van der Waals surface area (Å²) in [4.78, 5) is 10.6. The van der Waals surface area contributed by atoms with Gasteiger partial charge in [0.15, 0.2) is 0 Å². The second kappa shape index (κ2) is 2.56. The second-order valence-electron chi connectivity index (χ2n) is 2.11. The molecule has 8 heavy (non-hydrogen) atoms. The van der Waals surface area contributed by atoms with Gasteiger partial charge < -0.3 is 0 Å². The standard InChI is InChI=1S/C5H10NOP/c7-5-2-1-3-6(8)4-5/h1-4,8H2. The predicted octanol–water partition coefficient (Wildman–Crippen LogP) is 0.441. The number of ketones is 1. The summed E-state index contributed by atoms with van der Waals surface area (Å²) in [6.45, 7) is 1.68. The van der Waals surface area contributed by atoms with Gasteiger partial charge in [0, 0.05) is 13.0 Å². The summed E-state index contributed by atoms with van der Waals surface area (Å²) in [5.74, 6) is 0.367. The molecule has 2 nitrogen and oxygen atoms in total. The van der Waals surface area contributed by atoms with Crippen LogP contribution in [0, 0.1) is 0 Å². The molecule has 0 N–H and O–H groups in total. The van der Waals surface area contributed by atoms with Crippen LogP contribution in [0.5, 0.6) is 0 Å². The molecule has 1 heterocycles. The molecule has 1 fully saturated rings. The minimum atomic E-state index is 0.367. The van der Waals surface area contributed by atoms with Crippen LogP contribution in [-0.2, 0) is 4.79 Å². The zero-order valence-electron chi connectivity index (χ0n) is 4.76. The van der Waals surface area contributed by atoms with Gasteiger partial charge in [-0.25, -0.2) is 0 Å². The number of hydrogen-bond acceptors (Lipinski definition) is 2. The minimum Gasteiger partial charge on any atom is -0.298 e. The number of carbonyl (C=O) groups excluding carboxylic acids is 1. The van der Waals surface area contributed by atoms with E-state index in [1.165, 1.54) is 0 Å². The van der Waals surface area contributed by atoms with E-state index in [2.05, 4.69) is 9.39 Å². The lowest BCUT2D eigenvalue weighted by atomic mass is 10.1. The predicted molar refractivity (Wildman–Crippen MR) is 35.5 cm³/mol. The van der Waals surface area contributed by atoms with Gasteiger partial charge in [0.1, 0.15) is 5.78 Å². The van der Waals surface area contributed by atoms with Crippen LogP contribution in [0.2, 0.25) is 0 Å². The normalized spacial score (nSPS) is 23.9. The molecule has 1 saturated heterocycles. The van der Waals surface area contributed by atoms with E-state index in [0.717, 1.165) is 19.4 Å². The molecule has 0 aliphatic carbocycles. The maximum atomic E-state index is 10.6. The fourth-order valence-corrected chi connectivity index (χ4v) is 1.25. The number of hydrogen-bond donors (Lipinski definition) is 0. The van der Waals surface area contributed by atoms with E-state index in [1.807, 2.05) is 4.67 Å². The highest BCUT2D eigenvalue weighted by Crippen LogP contribution is 2.08. The Morgan fingerprint density at radius 2 is 2.38 bits per heavy atom. The van der Waals surface area contributed by atoms with Crippen LogP contribution in [0.4, 0.5) is 0 Å². The molecule has 0 spiro atoms. The third kappa shape index (κ3) is 1.53. The third-order valence-corrected chi connectivity index (χ3v) is 1.72. The molecule has 1 rings (SSSR count). The Bertz CT molecular complexity index is 105. The van der Waals surface area contributed by atoms with Crippen LogP contribution < -0.4 is 0 Å². The van der Waals surface area contributed by atoms with Gasteiger partial charge in [0.2, 0.25) is 0 Å². The number of rotatable bonds is 0. The molecule has 0 amide bonds. The van der Waals surface area contributed by atoms with Crippen LogP contribution >= 0.6 is 9.39 Å². The van der Waals surface area contributed by atoms with Crippen LogP contribution in [0.15, 0.2) is 0 Å². The molecule has 1 aliphatic rings. The van der Waals surface area contributed by atoms with Crippen molar-refractivity contribution < 1.29 is 4.79 Å². The van der Waals surface area contributed by atoms with E-state index < -0.39 is 0 Å². The van der Waals surface area contributed by atoms with E-state index in [1.54, 1.807) is 0 Å². The van der Waals surface area contributed by atoms with Crippen molar-refractivity contribution in [3.63, 3.8) is 0 Å². The van der Waals surface area contributed by atoms with Crippen LogP contribution in [-0.4, -0.2) is 23.5 Å². The average molecular weight is 131 g/mol. The molecule has 0 bridgehead atoms. The quantitative estimate of drug-likeness (QED) is 0.444. The highest BCUT2D eigenvalue weighted by Gasteiger charge is 2.11. The molecule has 46 valence electrons. The van der Waals surface area contributed by atoms with Crippen LogP contribution in [0.25, 0.3) is 0 Å². The van der Waals surface area contributed by atoms with E-state index >= 15 is 0 Å². The summed E-state index contributed by atoms with van der Waals surface area (Å²) >= 11 is 0. The van der Waals surface area contributed by atoms with Gasteiger partial charge >= 0.3 is 0 Å². The maximum absolute atomic E-state index is 10.6. The molecule has 1 aliphatic heterocycles. The first-order chi connectivity index (χ1) is 3.79. The molecule has 0 aromatic rings. The zero-order chi connectivity index (χ0) is 5.98. The molecule has 1 unspecified atom stereocenters. The van der Waals surface area contributed by atoms with Crippen molar-refractivity contribution in [3.8, 4) is 0 Å². The Kier molecular flexibility index (Phi) is 1.98. The smallest absolute Gasteiger partial charge is 0.147 e. The van der Waals surface area contributed by atoms with Gasteiger partial charge in [-0.05, 0) is 6.42 Å². The van der Waals surface area contributed by atoms with Gasteiger partial charge in [-0.2, -0.15) is 0 Å². The summed E-state index contributed by atoms with van der Waals surface area (Å²) in [5, 5.41) is 0. The third-order valence-electron chi connectivity index (χ3n) is 1.28. The topological polar surface area (TPSA) is 20.3 Å². The summed E-state index contributed by atoms with van der Waals surface area (Å²) in [7, 11) is 2.54. The summed E-state index contributed by atoms with van der Waals surface area (Å²) in [6.07, 6.45) is 1.81. The Hall–Kier alpha value is 0.0600. The van der Waals surface area contributed by atoms with Gasteiger partial charge in [0.05, 0.1) is 6.54 Å². The van der Waals surface area contributed by atoms with Crippen molar-refractivity contribution >= 4 is 15.2 Å². The Labute approximate surface area is 51.5 Å². The van der Waals surface area contributed by atoms with Crippen molar-refractivity contribution in [1.29, 1.82) is 0 Å². The molecular weight excluding hydrogens is 121 g/mol. The zero-order valence-corrected chi connectivity index (χ0v) is 5.92. The molecule has 1 atom stereocenters. The molecule has 0 aromatic carbocycles. The van der Waals surface area contributed by atoms with E-state index in [9.17, 15) is 4.79 Å². The number of piperidine rings is 1. The lowest BCUT2D eigenvalue weighted by Gasteiger charge is -2.19. The maximum Gasteiger partial charge on any atom is 0.147 e. The van der Waals surface area contributed by atoms with E-state index in [-0.39, 0.29) is 0 Å². The van der Waals surface area contributed by atoms with Crippen molar-refractivity contribution in [2.24, 2.45) is 0 Å². The molecule has 0 radical (unpaired) electrons. The summed E-state index contributed by atoms with van der Waals surface area (Å²) in [5.41, 5.74) is 0. The fourth-order valence-electron chi connectivity index (χ4n) is 0.864. The fraction of sp³-hybridized carbons (Fsp3) is 0.800. The van der Waals surface area contributed by atoms with Gasteiger partial charge in [0.25, 0.3) is 0 Å². The first-order valence-corrected chi connectivity index (χ1v) is 3.32. The SMILES string of the molecule is O=C1CCCN(P)C1. The summed E-state index contributed by atoms with van der Waals surface area (Å²) < 4.78 is 1.98. The van der Waals surface area contributed by atoms with E-state index in [0.29, 0.717) is 12.3 Å². The van der Waals surface area contributed by atoms with Gasteiger partial charge in [-0.1, -0.05) is 9.39 Å². The largest absolute Gasteiger partial charge is 0.298 e. The monoisotopic (exact) mass is 131 g/mol. The lowest BCUT2D eigenvalue weighted by molar-refractivity contribution is -0.120. The second-order valence-corrected chi connectivity index (χ2v) is 2.84. The lowest BCUT2D eigenvalue weighted by Crippen LogP contribution is -2.27. The molecule has 0 aromatic heterocycles. The number of nitrogens with zero attached hydrogens (tertiary/aromatic N) is 1. The molecular formula is C5H10NOP. The first kappa shape index (κ1) is 6.18. The minimum absolute atomic E-state index is 0.367. The van der Waals surface area contributed by atoms with Gasteiger partial charge in [-0.15, -0.1) is 0 Å². The highest BCUT2D eigenvalue weighted by atomic mass is 31.0. The highest BCUT2D eigenvalue weighted by molar-refractivity contribution is 7.13. The molecule has 0 saturated carbocycles. The average Bonchev–Trinajstić information content (AvgIpc) is 1.64. The van der Waals surface area contributed by atoms with Crippen molar-refractivity contribution in [1.82, 2.24) is 4.67 Å². The Morgan fingerprint density at radius 1 is 1.62 bits per heavy atom. The number of Topliss-reactive ketones (excluding diaryl/α,β-unsaturated/α-hetero) is 1. The first-order valence-electron chi connectivity index (χ1n) is 2.80. The van der Waals surface area contributed by atoms with Crippen molar-refractivity contribution in [2.45, 2.75) is 12.8 Å². The van der Waals surface area contributed by atoms with Crippen molar-refractivity contribution in [3.05, 3.63) is 0 Å². The van der Waals surface area contributed by atoms with Crippen molar-refractivity contribution in [2.75, 3.05) is 13.1 Å². The summed E-state index contributed by atoms with van der Waals surface area (Å²) in [6, 6.07) is 0. The Morgan fingerprint density at radius 3 is 2.75 bits per heavy atom. The van der Waals surface area contributed by atoms with Crippen LogP contribution in [0.3, 0.4) is 0 Å². The Balaban J connectivity index is 2.34. The van der Waals surface area contributed by atoms with Crippen LogP contribution in [0.1, 0.15) is 12.8 Å². The van der Waals surface area contributed by atoms with Gasteiger partial charge in [-0.3, -0.25) is 9.46 Å². The van der Waals surface area contributed by atoms with E-state index in [4.69, 9.17) is 0 Å².